The van der Waals surface area contributed by atoms with Crippen molar-refractivity contribution in [3.05, 3.63) is 72.1 Å². The molecule has 1 unspecified atom stereocenters. The van der Waals surface area contributed by atoms with Gasteiger partial charge in [0.15, 0.2) is 5.96 Å². The molecule has 0 spiro atoms. The molecule has 3 aliphatic rings. The van der Waals surface area contributed by atoms with Crippen molar-refractivity contribution in [3.8, 4) is 11.5 Å². The molecule has 1 atom stereocenters. The highest BCUT2D eigenvalue weighted by molar-refractivity contribution is 5.84. The molecule has 1 amide bonds. The SMILES string of the molecule is Cn1cc(CN(C(=O)CCCN2C(N)=Nc3ccc(Oc4ccccc4)cc3C2CC2CCCCC2)C2CCCCC2)cn1. The fourth-order valence-electron chi connectivity index (χ4n) is 7.48. The molecule has 0 radical (unpaired) electrons. The van der Waals surface area contributed by atoms with Crippen molar-refractivity contribution in [2.75, 3.05) is 6.54 Å². The molecule has 2 aromatic carbocycles. The van der Waals surface area contributed by atoms with Crippen LogP contribution in [0.3, 0.4) is 0 Å². The van der Waals surface area contributed by atoms with Gasteiger partial charge >= 0.3 is 0 Å². The van der Waals surface area contributed by atoms with Crippen molar-refractivity contribution in [1.29, 1.82) is 0 Å². The number of aliphatic imine (C=N–C) groups is 1. The second-order valence-electron chi connectivity index (χ2n) is 13.0. The summed E-state index contributed by atoms with van der Waals surface area (Å²) in [5.41, 5.74) is 9.88. The maximum atomic E-state index is 13.8. The van der Waals surface area contributed by atoms with Gasteiger partial charge in [0.1, 0.15) is 11.5 Å². The predicted molar refractivity (Wildman–Crippen MR) is 175 cm³/mol. The minimum Gasteiger partial charge on any atom is -0.457 e. The smallest absolute Gasteiger partial charge is 0.223 e. The van der Waals surface area contributed by atoms with Gasteiger partial charge < -0.3 is 20.3 Å². The molecule has 2 aliphatic carbocycles. The van der Waals surface area contributed by atoms with Gasteiger partial charge in [-0.3, -0.25) is 9.48 Å². The summed E-state index contributed by atoms with van der Waals surface area (Å²) in [7, 11) is 1.93. The summed E-state index contributed by atoms with van der Waals surface area (Å²) in [6.07, 6.45) is 18.5. The number of carbonyl (C=O) groups is 1. The number of aromatic nitrogens is 2. The number of aryl methyl sites for hydroxylation is 1. The Kier molecular flexibility index (Phi) is 9.83. The molecule has 1 aromatic heterocycles. The van der Waals surface area contributed by atoms with Crippen molar-refractivity contribution in [3.63, 3.8) is 0 Å². The first-order chi connectivity index (χ1) is 21.5. The van der Waals surface area contributed by atoms with Gasteiger partial charge in [0.25, 0.3) is 0 Å². The Bertz CT molecular complexity index is 1410. The summed E-state index contributed by atoms with van der Waals surface area (Å²) in [5.74, 6) is 3.09. The molecule has 8 heteroatoms. The maximum absolute atomic E-state index is 13.8. The van der Waals surface area contributed by atoms with Crippen LogP contribution in [-0.4, -0.2) is 44.0 Å². The van der Waals surface area contributed by atoms with Crippen LogP contribution in [0.25, 0.3) is 0 Å². The summed E-state index contributed by atoms with van der Waals surface area (Å²) >= 11 is 0. The van der Waals surface area contributed by atoms with Crippen LogP contribution in [0, 0.1) is 5.92 Å². The van der Waals surface area contributed by atoms with Gasteiger partial charge in [-0.1, -0.05) is 69.6 Å². The predicted octanol–water partition coefficient (Wildman–Crippen LogP) is 7.63. The Morgan fingerprint density at radius 2 is 1.73 bits per heavy atom. The molecular weight excluding hydrogens is 548 g/mol. The number of amides is 1. The summed E-state index contributed by atoms with van der Waals surface area (Å²) in [6.45, 7) is 1.33. The number of nitrogens with zero attached hydrogens (tertiary/aromatic N) is 5. The summed E-state index contributed by atoms with van der Waals surface area (Å²) in [5, 5.41) is 4.35. The number of ether oxygens (including phenoxy) is 1. The van der Waals surface area contributed by atoms with E-state index in [9.17, 15) is 4.79 Å². The molecule has 8 nitrogen and oxygen atoms in total. The molecule has 6 rings (SSSR count). The second-order valence-corrected chi connectivity index (χ2v) is 13.0. The molecule has 2 heterocycles. The zero-order valence-electron chi connectivity index (χ0n) is 26.2. The Morgan fingerprint density at radius 3 is 2.45 bits per heavy atom. The van der Waals surface area contributed by atoms with E-state index >= 15 is 0 Å². The molecule has 44 heavy (non-hydrogen) atoms. The number of guanidine groups is 1. The molecular formula is C36H48N6O2. The summed E-state index contributed by atoms with van der Waals surface area (Å²) < 4.78 is 8.05. The molecule has 3 aromatic rings. The first-order valence-corrected chi connectivity index (χ1v) is 16.8. The Hall–Kier alpha value is -3.81. The van der Waals surface area contributed by atoms with Crippen LogP contribution in [-0.2, 0) is 18.4 Å². The first-order valence-electron chi connectivity index (χ1n) is 16.8. The highest BCUT2D eigenvalue weighted by atomic mass is 16.5. The van der Waals surface area contributed by atoms with E-state index in [-0.39, 0.29) is 11.9 Å². The highest BCUT2D eigenvalue weighted by Crippen LogP contribution is 2.43. The van der Waals surface area contributed by atoms with Crippen molar-refractivity contribution in [2.24, 2.45) is 23.7 Å². The topological polar surface area (TPSA) is 89.0 Å². The third-order valence-corrected chi connectivity index (χ3v) is 9.76. The lowest BCUT2D eigenvalue weighted by Crippen LogP contribution is -2.44. The summed E-state index contributed by atoms with van der Waals surface area (Å²) in [4.78, 5) is 23.0. The molecule has 0 saturated heterocycles. The van der Waals surface area contributed by atoms with Crippen molar-refractivity contribution in [2.45, 2.75) is 102 Å². The maximum Gasteiger partial charge on any atom is 0.223 e. The van der Waals surface area contributed by atoms with E-state index in [1.54, 1.807) is 0 Å². The number of hydrogen-bond donors (Lipinski definition) is 1. The van der Waals surface area contributed by atoms with Crippen molar-refractivity contribution >= 4 is 17.6 Å². The van der Waals surface area contributed by atoms with Crippen molar-refractivity contribution in [1.82, 2.24) is 19.6 Å². The quantitative estimate of drug-likeness (QED) is 0.246. The average Bonchev–Trinajstić information content (AvgIpc) is 3.47. The van der Waals surface area contributed by atoms with E-state index in [4.69, 9.17) is 15.5 Å². The Balaban J connectivity index is 1.18. The van der Waals surface area contributed by atoms with E-state index in [1.165, 1.54) is 56.9 Å². The largest absolute Gasteiger partial charge is 0.457 e. The van der Waals surface area contributed by atoms with Gasteiger partial charge in [0.2, 0.25) is 5.91 Å². The molecule has 2 saturated carbocycles. The number of nitrogens with two attached hydrogens (primary N) is 1. The van der Waals surface area contributed by atoms with Gasteiger partial charge in [0.05, 0.1) is 17.9 Å². The summed E-state index contributed by atoms with van der Waals surface area (Å²) in [6, 6.07) is 16.5. The molecule has 2 fully saturated rings. The molecule has 2 N–H and O–H groups in total. The zero-order chi connectivity index (χ0) is 30.3. The van der Waals surface area contributed by atoms with Gasteiger partial charge in [0, 0.05) is 49.9 Å². The fourth-order valence-corrected chi connectivity index (χ4v) is 7.48. The average molecular weight is 597 g/mol. The van der Waals surface area contributed by atoms with E-state index < -0.39 is 0 Å². The van der Waals surface area contributed by atoms with Gasteiger partial charge in [-0.2, -0.15) is 5.10 Å². The number of carbonyl (C=O) groups excluding carboxylic acids is 1. The third-order valence-electron chi connectivity index (χ3n) is 9.76. The lowest BCUT2D eigenvalue weighted by molar-refractivity contribution is -0.135. The van der Waals surface area contributed by atoms with E-state index in [0.717, 1.165) is 48.4 Å². The standard InChI is InChI=1S/C36H48N6O2/c1-40-25-28(24-38-40)26-42(29-14-7-3-8-15-29)35(43)18-11-21-41-34(22-27-12-5-2-6-13-27)32-23-31(19-20-33(32)39-36(41)37)44-30-16-9-4-10-17-30/h4,9-10,16-17,19-20,23-25,27,29,34H,2-3,5-8,11-15,18,21-22,26H2,1H3,(H2,37,39). The van der Waals surface area contributed by atoms with E-state index in [2.05, 4.69) is 21.0 Å². The Labute approximate surface area is 262 Å². The number of fused-ring (bicyclic) bond motifs is 1. The molecule has 1 aliphatic heterocycles. The number of para-hydroxylation sites is 1. The first kappa shape index (κ1) is 30.2. The highest BCUT2D eigenvalue weighted by Gasteiger charge is 2.32. The van der Waals surface area contributed by atoms with Gasteiger partial charge in [-0.15, -0.1) is 0 Å². The van der Waals surface area contributed by atoms with E-state index in [0.29, 0.717) is 37.4 Å². The van der Waals surface area contributed by atoms with Crippen LogP contribution in [0.4, 0.5) is 5.69 Å². The van der Waals surface area contributed by atoms with Gasteiger partial charge in [-0.25, -0.2) is 4.99 Å². The van der Waals surface area contributed by atoms with Crippen LogP contribution in [0.15, 0.2) is 65.9 Å². The van der Waals surface area contributed by atoms with E-state index in [1.807, 2.05) is 66.6 Å². The fraction of sp³-hybridized carbons (Fsp3) is 0.528. The minimum absolute atomic E-state index is 0.116. The number of rotatable bonds is 11. The molecule has 234 valence electrons. The Morgan fingerprint density at radius 1 is 0.977 bits per heavy atom. The lowest BCUT2D eigenvalue weighted by Gasteiger charge is -2.39. The lowest BCUT2D eigenvalue weighted by atomic mass is 9.82. The molecule has 0 bridgehead atoms. The van der Waals surface area contributed by atoms with Crippen LogP contribution >= 0.6 is 0 Å². The number of benzene rings is 2. The second kappa shape index (κ2) is 14.3. The van der Waals surface area contributed by atoms with Crippen LogP contribution in [0.2, 0.25) is 0 Å². The zero-order valence-corrected chi connectivity index (χ0v) is 26.2. The third kappa shape index (κ3) is 7.45. The monoisotopic (exact) mass is 596 g/mol. The van der Waals surface area contributed by atoms with Crippen LogP contribution < -0.4 is 10.5 Å². The van der Waals surface area contributed by atoms with Crippen molar-refractivity contribution < 1.29 is 9.53 Å². The number of hydrogen-bond acceptors (Lipinski definition) is 6. The normalized spacial score (nSPS) is 19.3. The van der Waals surface area contributed by atoms with Crippen LogP contribution in [0.5, 0.6) is 11.5 Å². The minimum atomic E-state index is 0.116. The van der Waals surface area contributed by atoms with Crippen LogP contribution in [0.1, 0.15) is 101 Å². The van der Waals surface area contributed by atoms with Gasteiger partial charge in [-0.05, 0) is 61.9 Å².